The van der Waals surface area contributed by atoms with Gasteiger partial charge in [-0.15, -0.1) is 24.0 Å². The van der Waals surface area contributed by atoms with Crippen molar-refractivity contribution in [2.75, 3.05) is 39.8 Å². The van der Waals surface area contributed by atoms with Gasteiger partial charge in [0.25, 0.3) is 0 Å². The van der Waals surface area contributed by atoms with E-state index in [0.717, 1.165) is 25.6 Å². The number of aliphatic imine (C=N–C) groups is 1. The molecule has 1 saturated heterocycles. The summed E-state index contributed by atoms with van der Waals surface area (Å²) in [4.78, 5) is 9.42. The van der Waals surface area contributed by atoms with E-state index < -0.39 is 0 Å². The minimum Gasteiger partial charge on any atom is -0.355 e. The fraction of sp³-hybridized carbons (Fsp3) is 0.938. The highest BCUT2D eigenvalue weighted by Gasteiger charge is 2.43. The van der Waals surface area contributed by atoms with E-state index in [1.54, 1.807) is 0 Å². The van der Waals surface area contributed by atoms with Gasteiger partial charge >= 0.3 is 0 Å². The molecule has 21 heavy (non-hydrogen) atoms. The summed E-state index contributed by atoms with van der Waals surface area (Å²) in [5.41, 5.74) is 0.644. The van der Waals surface area contributed by atoms with Gasteiger partial charge in [0.05, 0.1) is 0 Å². The van der Waals surface area contributed by atoms with Crippen molar-refractivity contribution in [2.24, 2.45) is 10.4 Å². The topological polar surface area (TPSA) is 30.9 Å². The molecule has 1 saturated carbocycles. The van der Waals surface area contributed by atoms with Gasteiger partial charge in [0, 0.05) is 39.3 Å². The Morgan fingerprint density at radius 3 is 2.48 bits per heavy atom. The number of hydrogen-bond acceptors (Lipinski definition) is 2. The fourth-order valence-corrected chi connectivity index (χ4v) is 3.63. The number of halogens is 1. The molecule has 2 fully saturated rings. The number of likely N-dealkylation sites (tertiary alicyclic amines) is 1. The molecule has 0 aromatic heterocycles. The zero-order valence-corrected chi connectivity index (χ0v) is 16.5. The van der Waals surface area contributed by atoms with Crippen molar-refractivity contribution in [2.45, 2.75) is 52.5 Å². The first-order valence-corrected chi connectivity index (χ1v) is 8.30. The second-order valence-electron chi connectivity index (χ2n) is 6.72. The standard InChI is InChI=1S/C16H32N4.HI/c1-5-19(14(2)3)12-10-18-15(17-4)20-11-9-16(13-20)7-6-8-16;/h14H,5-13H2,1-4H3,(H,17,18);1H. The van der Waals surface area contributed by atoms with Gasteiger partial charge in [-0.05, 0) is 45.1 Å². The summed E-state index contributed by atoms with van der Waals surface area (Å²) in [6, 6.07) is 0.619. The van der Waals surface area contributed by atoms with Crippen LogP contribution in [0.25, 0.3) is 0 Å². The highest BCUT2D eigenvalue weighted by molar-refractivity contribution is 14.0. The molecule has 0 amide bonds. The second kappa shape index (κ2) is 8.56. The molecule has 1 spiro atoms. The lowest BCUT2D eigenvalue weighted by molar-refractivity contribution is 0.151. The summed E-state index contributed by atoms with van der Waals surface area (Å²) < 4.78 is 0. The Morgan fingerprint density at radius 1 is 1.33 bits per heavy atom. The first-order valence-electron chi connectivity index (χ1n) is 8.30. The molecule has 0 aromatic carbocycles. The minimum absolute atomic E-state index is 0. The predicted molar refractivity (Wildman–Crippen MR) is 102 cm³/mol. The lowest BCUT2D eigenvalue weighted by Gasteiger charge is -2.38. The van der Waals surface area contributed by atoms with Crippen LogP contribution in [0.3, 0.4) is 0 Å². The van der Waals surface area contributed by atoms with E-state index in [2.05, 4.69) is 40.9 Å². The normalized spacial score (nSPS) is 20.9. The highest BCUT2D eigenvalue weighted by atomic mass is 127. The second-order valence-corrected chi connectivity index (χ2v) is 6.72. The zero-order chi connectivity index (χ0) is 14.6. The van der Waals surface area contributed by atoms with Crippen molar-refractivity contribution in [1.82, 2.24) is 15.1 Å². The lowest BCUT2D eigenvalue weighted by Crippen LogP contribution is -2.45. The van der Waals surface area contributed by atoms with Crippen molar-refractivity contribution in [1.29, 1.82) is 0 Å². The Labute approximate surface area is 147 Å². The third-order valence-corrected chi connectivity index (χ3v) is 5.18. The summed E-state index contributed by atoms with van der Waals surface area (Å²) in [5, 5.41) is 3.55. The average Bonchev–Trinajstić information content (AvgIpc) is 2.84. The van der Waals surface area contributed by atoms with Crippen molar-refractivity contribution >= 4 is 29.9 Å². The van der Waals surface area contributed by atoms with Crippen molar-refractivity contribution < 1.29 is 0 Å². The molecule has 5 heteroatoms. The van der Waals surface area contributed by atoms with E-state index in [9.17, 15) is 0 Å². The number of likely N-dealkylation sites (N-methyl/N-ethyl adjacent to an activating group) is 1. The number of nitrogens with one attached hydrogen (secondary N) is 1. The van der Waals surface area contributed by atoms with Gasteiger partial charge in [0.15, 0.2) is 5.96 Å². The lowest BCUT2D eigenvalue weighted by atomic mass is 9.68. The van der Waals surface area contributed by atoms with Crippen molar-refractivity contribution in [3.05, 3.63) is 0 Å². The molecule has 1 heterocycles. The van der Waals surface area contributed by atoms with Crippen LogP contribution in [0.4, 0.5) is 0 Å². The molecular formula is C16H33IN4. The van der Waals surface area contributed by atoms with E-state index in [4.69, 9.17) is 0 Å². The maximum atomic E-state index is 4.47. The van der Waals surface area contributed by atoms with E-state index in [1.807, 2.05) is 7.05 Å². The molecule has 0 radical (unpaired) electrons. The van der Waals surface area contributed by atoms with Gasteiger partial charge in [-0.3, -0.25) is 9.89 Å². The van der Waals surface area contributed by atoms with Gasteiger partial charge in [0.1, 0.15) is 0 Å². The quantitative estimate of drug-likeness (QED) is 0.431. The molecule has 0 atom stereocenters. The van der Waals surface area contributed by atoms with Crippen molar-refractivity contribution in [3.63, 3.8) is 0 Å². The van der Waals surface area contributed by atoms with Crippen LogP contribution in [0, 0.1) is 5.41 Å². The van der Waals surface area contributed by atoms with Gasteiger partial charge in [-0.25, -0.2) is 0 Å². The Balaban J connectivity index is 0.00000220. The SMILES string of the molecule is CCN(CCNC(=NC)N1CCC2(CCC2)C1)C(C)C.I. The molecule has 124 valence electrons. The largest absolute Gasteiger partial charge is 0.355 e. The number of rotatable bonds is 5. The Kier molecular flexibility index (Phi) is 7.74. The summed E-state index contributed by atoms with van der Waals surface area (Å²) in [7, 11) is 1.91. The Hall–Kier alpha value is -0.0400. The molecule has 1 aliphatic heterocycles. The smallest absolute Gasteiger partial charge is 0.193 e. The van der Waals surface area contributed by atoms with Gasteiger partial charge in [-0.1, -0.05) is 13.3 Å². The molecule has 1 N–H and O–H groups in total. The van der Waals surface area contributed by atoms with Crippen LogP contribution in [0.15, 0.2) is 4.99 Å². The molecule has 4 nitrogen and oxygen atoms in total. The van der Waals surface area contributed by atoms with Crippen LogP contribution >= 0.6 is 24.0 Å². The minimum atomic E-state index is 0. The summed E-state index contributed by atoms with van der Waals surface area (Å²) >= 11 is 0. The van der Waals surface area contributed by atoms with Gasteiger partial charge < -0.3 is 10.2 Å². The fourth-order valence-electron chi connectivity index (χ4n) is 3.63. The van der Waals surface area contributed by atoms with Crippen LogP contribution in [0.1, 0.15) is 46.5 Å². The first kappa shape index (κ1) is 19.0. The van der Waals surface area contributed by atoms with E-state index in [0.29, 0.717) is 11.5 Å². The monoisotopic (exact) mass is 408 g/mol. The zero-order valence-electron chi connectivity index (χ0n) is 14.2. The summed E-state index contributed by atoms with van der Waals surface area (Å²) in [6.45, 7) is 12.3. The molecule has 0 aromatic rings. The molecule has 0 unspecified atom stereocenters. The third-order valence-electron chi connectivity index (χ3n) is 5.18. The third kappa shape index (κ3) is 4.71. The van der Waals surface area contributed by atoms with E-state index in [1.165, 1.54) is 38.8 Å². The van der Waals surface area contributed by atoms with Crippen LogP contribution < -0.4 is 5.32 Å². The number of nitrogens with zero attached hydrogens (tertiary/aromatic N) is 3. The molecule has 1 aliphatic carbocycles. The Bertz CT molecular complexity index is 339. The predicted octanol–water partition coefficient (Wildman–Crippen LogP) is 2.79. The van der Waals surface area contributed by atoms with E-state index in [-0.39, 0.29) is 24.0 Å². The van der Waals surface area contributed by atoms with Crippen LogP contribution in [0.5, 0.6) is 0 Å². The van der Waals surface area contributed by atoms with Crippen molar-refractivity contribution in [3.8, 4) is 0 Å². The molecule has 0 bridgehead atoms. The number of hydrogen-bond donors (Lipinski definition) is 1. The highest BCUT2D eigenvalue weighted by Crippen LogP contribution is 2.47. The maximum Gasteiger partial charge on any atom is 0.193 e. The summed E-state index contributed by atoms with van der Waals surface area (Å²) in [6.07, 6.45) is 5.65. The van der Waals surface area contributed by atoms with Crippen LogP contribution in [0.2, 0.25) is 0 Å². The molecular weight excluding hydrogens is 375 g/mol. The average molecular weight is 408 g/mol. The molecule has 2 aliphatic rings. The van der Waals surface area contributed by atoms with E-state index >= 15 is 0 Å². The van der Waals surface area contributed by atoms with Crippen LogP contribution in [-0.2, 0) is 0 Å². The maximum absolute atomic E-state index is 4.47. The Morgan fingerprint density at radius 2 is 2.05 bits per heavy atom. The first-order chi connectivity index (χ1) is 9.60. The number of guanidine groups is 1. The van der Waals surface area contributed by atoms with Gasteiger partial charge in [0.2, 0.25) is 0 Å². The van der Waals surface area contributed by atoms with Crippen LogP contribution in [-0.4, -0.2) is 61.6 Å². The van der Waals surface area contributed by atoms with Gasteiger partial charge in [-0.2, -0.15) is 0 Å². The molecule has 2 rings (SSSR count). The summed E-state index contributed by atoms with van der Waals surface area (Å²) in [5.74, 6) is 1.11.